The minimum Gasteiger partial charge on any atom is -0.335 e. The van der Waals surface area contributed by atoms with Crippen LogP contribution in [0.15, 0.2) is 0 Å². The van der Waals surface area contributed by atoms with Gasteiger partial charge < -0.3 is 10.2 Å². The standard InChI is InChI=1S/C17H30N2O/c1-12(18-4-5-19(2)3)16(20)17-9-13-6-14(10-17)8-15(7-13)11-17/h12-15,18H,4-11H2,1-3H3/p+2. The van der Waals surface area contributed by atoms with Gasteiger partial charge in [0, 0.05) is 5.41 Å². The van der Waals surface area contributed by atoms with Crippen LogP contribution in [0.2, 0.25) is 0 Å². The largest absolute Gasteiger partial charge is 0.335 e. The van der Waals surface area contributed by atoms with Gasteiger partial charge >= 0.3 is 0 Å². The number of hydrogen-bond donors (Lipinski definition) is 2. The summed E-state index contributed by atoms with van der Waals surface area (Å²) in [6.45, 7) is 4.35. The molecule has 4 fully saturated rings. The van der Waals surface area contributed by atoms with Crippen LogP contribution in [-0.2, 0) is 4.79 Å². The highest BCUT2D eigenvalue weighted by molar-refractivity contribution is 5.88. The van der Waals surface area contributed by atoms with Crippen molar-refractivity contribution < 1.29 is 15.0 Å². The first kappa shape index (κ1) is 14.5. The van der Waals surface area contributed by atoms with Crippen LogP contribution in [-0.4, -0.2) is 39.0 Å². The summed E-state index contributed by atoms with van der Waals surface area (Å²) in [4.78, 5) is 14.5. The number of hydrogen-bond acceptors (Lipinski definition) is 1. The number of likely N-dealkylation sites (N-methyl/N-ethyl adjacent to an activating group) is 1. The predicted octanol–water partition coefficient (Wildman–Crippen LogP) is -0.132. The van der Waals surface area contributed by atoms with Crippen LogP contribution in [0.1, 0.15) is 45.4 Å². The van der Waals surface area contributed by atoms with Crippen LogP contribution in [0, 0.1) is 23.2 Å². The lowest BCUT2D eigenvalue weighted by molar-refractivity contribution is -0.875. The minimum absolute atomic E-state index is 0.0929. The molecule has 4 bridgehead atoms. The smallest absolute Gasteiger partial charge is 0.195 e. The van der Waals surface area contributed by atoms with Crippen LogP contribution >= 0.6 is 0 Å². The van der Waals surface area contributed by atoms with E-state index < -0.39 is 0 Å². The van der Waals surface area contributed by atoms with Gasteiger partial charge in [0.1, 0.15) is 19.1 Å². The number of carbonyl (C=O) groups is 1. The van der Waals surface area contributed by atoms with Gasteiger partial charge in [-0.3, -0.25) is 4.79 Å². The molecule has 0 spiro atoms. The molecule has 114 valence electrons. The lowest BCUT2D eigenvalue weighted by atomic mass is 9.48. The molecule has 0 saturated heterocycles. The van der Waals surface area contributed by atoms with E-state index in [0.717, 1.165) is 30.8 Å². The first-order chi connectivity index (χ1) is 9.48. The highest BCUT2D eigenvalue weighted by Crippen LogP contribution is 2.60. The second kappa shape index (κ2) is 5.42. The zero-order valence-corrected chi connectivity index (χ0v) is 13.5. The molecule has 3 heteroatoms. The minimum atomic E-state index is 0.0929. The molecule has 0 aromatic heterocycles. The molecule has 0 amide bonds. The third-order valence-electron chi connectivity index (χ3n) is 6.14. The number of rotatable bonds is 6. The van der Waals surface area contributed by atoms with Gasteiger partial charge in [-0.25, -0.2) is 0 Å². The molecule has 0 aromatic carbocycles. The number of quaternary nitrogens is 2. The van der Waals surface area contributed by atoms with Gasteiger partial charge in [0.05, 0.1) is 14.1 Å². The Hall–Kier alpha value is -0.410. The van der Waals surface area contributed by atoms with E-state index in [9.17, 15) is 4.79 Å². The molecule has 4 saturated carbocycles. The van der Waals surface area contributed by atoms with E-state index in [0.29, 0.717) is 5.78 Å². The van der Waals surface area contributed by atoms with Gasteiger partial charge in [0.15, 0.2) is 5.78 Å². The Labute approximate surface area is 123 Å². The van der Waals surface area contributed by atoms with Crippen molar-refractivity contribution in [3.8, 4) is 0 Å². The van der Waals surface area contributed by atoms with E-state index in [1.165, 1.54) is 43.4 Å². The molecule has 3 N–H and O–H groups in total. The summed E-state index contributed by atoms with van der Waals surface area (Å²) in [7, 11) is 4.36. The number of ketones is 1. The first-order valence-corrected chi connectivity index (χ1v) is 8.65. The van der Waals surface area contributed by atoms with Crippen molar-refractivity contribution in [2.24, 2.45) is 23.2 Å². The van der Waals surface area contributed by atoms with Gasteiger partial charge in [0.25, 0.3) is 0 Å². The van der Waals surface area contributed by atoms with Gasteiger partial charge in [-0.1, -0.05) is 0 Å². The Bertz CT molecular complexity index is 342. The molecular weight excluding hydrogens is 248 g/mol. The molecule has 0 radical (unpaired) electrons. The number of nitrogens with two attached hydrogens (primary N) is 1. The number of carbonyl (C=O) groups excluding carboxylic acids is 1. The Morgan fingerprint density at radius 3 is 2.10 bits per heavy atom. The fourth-order valence-corrected chi connectivity index (χ4v) is 5.62. The Balaban J connectivity index is 1.61. The van der Waals surface area contributed by atoms with E-state index in [4.69, 9.17) is 0 Å². The van der Waals surface area contributed by atoms with E-state index in [2.05, 4.69) is 26.3 Å². The van der Waals surface area contributed by atoms with Gasteiger partial charge in [0.2, 0.25) is 0 Å². The summed E-state index contributed by atoms with van der Waals surface area (Å²) in [5, 5.41) is 2.29. The predicted molar refractivity (Wildman–Crippen MR) is 79.5 cm³/mol. The van der Waals surface area contributed by atoms with Gasteiger partial charge in [-0.2, -0.15) is 0 Å². The molecule has 1 unspecified atom stereocenters. The average Bonchev–Trinajstić information content (AvgIpc) is 2.35. The van der Waals surface area contributed by atoms with Gasteiger partial charge in [-0.15, -0.1) is 0 Å². The topological polar surface area (TPSA) is 38.1 Å². The van der Waals surface area contributed by atoms with Gasteiger partial charge in [-0.05, 0) is 63.2 Å². The zero-order chi connectivity index (χ0) is 14.3. The molecule has 4 rings (SSSR count). The highest BCUT2D eigenvalue weighted by Gasteiger charge is 2.55. The molecule has 3 nitrogen and oxygen atoms in total. The quantitative estimate of drug-likeness (QED) is 0.699. The second-order valence-electron chi connectivity index (χ2n) is 8.33. The van der Waals surface area contributed by atoms with Crippen molar-refractivity contribution in [2.45, 2.75) is 51.5 Å². The SMILES string of the molecule is CC([NH2+]CC[NH+](C)C)C(=O)C12CC3CC(CC(C3)C1)C2. The van der Waals surface area contributed by atoms with Crippen molar-refractivity contribution >= 4 is 5.78 Å². The van der Waals surface area contributed by atoms with Crippen LogP contribution in [0.5, 0.6) is 0 Å². The number of nitrogens with one attached hydrogen (secondary N) is 1. The lowest BCUT2D eigenvalue weighted by Crippen LogP contribution is -3.10. The monoisotopic (exact) mass is 280 g/mol. The molecule has 4 aliphatic carbocycles. The number of Topliss-reactive ketones (excluding diaryl/α,β-unsaturated/α-hetero) is 1. The van der Waals surface area contributed by atoms with Crippen LogP contribution in [0.3, 0.4) is 0 Å². The van der Waals surface area contributed by atoms with Crippen molar-refractivity contribution in [2.75, 3.05) is 27.2 Å². The van der Waals surface area contributed by atoms with Crippen LogP contribution < -0.4 is 10.2 Å². The normalized spacial score (nSPS) is 40.3. The molecule has 20 heavy (non-hydrogen) atoms. The summed E-state index contributed by atoms with van der Waals surface area (Å²) < 4.78 is 0. The third-order valence-corrected chi connectivity index (χ3v) is 6.14. The zero-order valence-electron chi connectivity index (χ0n) is 13.5. The van der Waals surface area contributed by atoms with E-state index >= 15 is 0 Å². The third kappa shape index (κ3) is 2.67. The lowest BCUT2D eigenvalue weighted by Gasteiger charge is -2.56. The molecule has 0 aromatic rings. The summed E-state index contributed by atoms with van der Waals surface area (Å²) in [5.41, 5.74) is 0.0929. The summed E-state index contributed by atoms with van der Waals surface area (Å²) >= 11 is 0. The molecule has 0 aliphatic heterocycles. The molecular formula is C17H32N2O+2. The maximum Gasteiger partial charge on any atom is 0.195 e. The van der Waals surface area contributed by atoms with Crippen molar-refractivity contribution in [3.05, 3.63) is 0 Å². The molecule has 1 atom stereocenters. The fourth-order valence-electron chi connectivity index (χ4n) is 5.62. The average molecular weight is 280 g/mol. The second-order valence-corrected chi connectivity index (χ2v) is 8.33. The van der Waals surface area contributed by atoms with Crippen molar-refractivity contribution in [3.63, 3.8) is 0 Å². The molecule has 0 heterocycles. The summed E-state index contributed by atoms with van der Waals surface area (Å²) in [6.07, 6.45) is 7.93. The van der Waals surface area contributed by atoms with Crippen molar-refractivity contribution in [1.82, 2.24) is 0 Å². The molecule has 4 aliphatic rings. The van der Waals surface area contributed by atoms with Crippen LogP contribution in [0.4, 0.5) is 0 Å². The van der Waals surface area contributed by atoms with E-state index in [1.807, 2.05) is 0 Å². The summed E-state index contributed by atoms with van der Waals surface area (Å²) in [5.74, 6) is 3.22. The maximum absolute atomic E-state index is 13.0. The van der Waals surface area contributed by atoms with E-state index in [-0.39, 0.29) is 11.5 Å². The fraction of sp³-hybridized carbons (Fsp3) is 0.941. The first-order valence-electron chi connectivity index (χ1n) is 8.65. The summed E-state index contributed by atoms with van der Waals surface area (Å²) in [6, 6.07) is 0.172. The van der Waals surface area contributed by atoms with E-state index in [1.54, 1.807) is 0 Å². The van der Waals surface area contributed by atoms with Crippen molar-refractivity contribution in [1.29, 1.82) is 0 Å². The Kier molecular flexibility index (Phi) is 3.93. The highest BCUT2D eigenvalue weighted by atomic mass is 16.1. The van der Waals surface area contributed by atoms with Crippen LogP contribution in [0.25, 0.3) is 0 Å². The Morgan fingerprint density at radius 2 is 1.65 bits per heavy atom. The maximum atomic E-state index is 13.0. The Morgan fingerprint density at radius 1 is 1.15 bits per heavy atom.